The van der Waals surface area contributed by atoms with Gasteiger partial charge < -0.3 is 14.8 Å². The van der Waals surface area contributed by atoms with Gasteiger partial charge in [-0.3, -0.25) is 4.79 Å². The number of nitrogens with zero attached hydrogens (tertiary/aromatic N) is 1. The maximum absolute atomic E-state index is 12.7. The van der Waals surface area contributed by atoms with Gasteiger partial charge in [-0.2, -0.15) is 5.26 Å². The van der Waals surface area contributed by atoms with E-state index in [-0.39, 0.29) is 17.5 Å². The Balaban J connectivity index is 1.73. The predicted octanol–water partition coefficient (Wildman–Crippen LogP) is 5.92. The number of hydrogen-bond donors (Lipinski definition) is 1. The third-order valence-corrected chi connectivity index (χ3v) is 5.93. The lowest BCUT2D eigenvalue weighted by atomic mass is 9.86. The van der Waals surface area contributed by atoms with E-state index in [1.54, 1.807) is 18.2 Å². The van der Waals surface area contributed by atoms with E-state index in [9.17, 15) is 10.1 Å². The second kappa shape index (κ2) is 11.6. The Morgan fingerprint density at radius 1 is 1.16 bits per heavy atom. The fourth-order valence-corrected chi connectivity index (χ4v) is 3.96. The maximum atomic E-state index is 12.7. The molecule has 0 spiro atoms. The average molecular weight is 453 g/mol. The van der Waals surface area contributed by atoms with E-state index < -0.39 is 0 Å². The first-order valence-corrected chi connectivity index (χ1v) is 11.4. The molecule has 0 bridgehead atoms. The standard InChI is InChI=1S/C26H29ClN2O3/c1-3-31-25-15-20(10-13-24(25)32-17-19-8-11-22(27)12-9-19)14-21(16-28)26(30)29-23-7-5-4-6-18(23)2/h8-15,18,23H,3-7,17H2,1-2H3,(H,29,30)/b21-14+/t18-,23+/m1/s1. The summed E-state index contributed by atoms with van der Waals surface area (Å²) in [6, 6.07) is 15.0. The number of carbonyl (C=O) groups excluding carboxylic acids is 1. The normalized spacial score (nSPS) is 18.5. The van der Waals surface area contributed by atoms with Gasteiger partial charge >= 0.3 is 0 Å². The summed E-state index contributed by atoms with van der Waals surface area (Å²) in [5, 5.41) is 13.3. The smallest absolute Gasteiger partial charge is 0.262 e. The first-order chi connectivity index (χ1) is 15.5. The van der Waals surface area contributed by atoms with Crippen LogP contribution in [-0.2, 0) is 11.4 Å². The number of halogens is 1. The van der Waals surface area contributed by atoms with Crippen LogP contribution in [0.25, 0.3) is 6.08 Å². The molecule has 6 heteroatoms. The van der Waals surface area contributed by atoms with Crippen LogP contribution in [0.5, 0.6) is 11.5 Å². The van der Waals surface area contributed by atoms with Crippen LogP contribution in [0, 0.1) is 17.2 Å². The lowest BCUT2D eigenvalue weighted by Crippen LogP contribution is -2.41. The van der Waals surface area contributed by atoms with Gasteiger partial charge in [-0.15, -0.1) is 0 Å². The zero-order valence-corrected chi connectivity index (χ0v) is 19.3. The minimum absolute atomic E-state index is 0.0834. The molecule has 0 aromatic heterocycles. The van der Waals surface area contributed by atoms with E-state index >= 15 is 0 Å². The fraction of sp³-hybridized carbons (Fsp3) is 0.385. The van der Waals surface area contributed by atoms with Gasteiger partial charge in [-0.05, 0) is 67.2 Å². The van der Waals surface area contributed by atoms with Crippen molar-refractivity contribution in [3.8, 4) is 17.6 Å². The van der Waals surface area contributed by atoms with Crippen molar-refractivity contribution < 1.29 is 14.3 Å². The van der Waals surface area contributed by atoms with Crippen LogP contribution in [0.4, 0.5) is 0 Å². The third-order valence-electron chi connectivity index (χ3n) is 5.68. The minimum atomic E-state index is -0.327. The number of amides is 1. The van der Waals surface area contributed by atoms with Crippen molar-refractivity contribution in [1.29, 1.82) is 5.26 Å². The second-order valence-electron chi connectivity index (χ2n) is 8.07. The van der Waals surface area contributed by atoms with Crippen molar-refractivity contribution in [2.24, 2.45) is 5.92 Å². The third kappa shape index (κ3) is 6.51. The van der Waals surface area contributed by atoms with Crippen LogP contribution in [0.2, 0.25) is 5.02 Å². The van der Waals surface area contributed by atoms with Crippen LogP contribution in [-0.4, -0.2) is 18.6 Å². The molecule has 1 aliphatic rings. The fourth-order valence-electron chi connectivity index (χ4n) is 3.84. The molecule has 1 amide bonds. The highest BCUT2D eigenvalue weighted by Gasteiger charge is 2.24. The van der Waals surface area contributed by atoms with Crippen LogP contribution in [0.3, 0.4) is 0 Å². The first-order valence-electron chi connectivity index (χ1n) is 11.1. The Morgan fingerprint density at radius 2 is 1.91 bits per heavy atom. The Labute approximate surface area is 195 Å². The topological polar surface area (TPSA) is 71.3 Å². The molecule has 5 nitrogen and oxygen atoms in total. The zero-order chi connectivity index (χ0) is 22.9. The number of ether oxygens (including phenoxy) is 2. The maximum Gasteiger partial charge on any atom is 0.262 e. The van der Waals surface area contributed by atoms with E-state index in [0.717, 1.165) is 24.8 Å². The summed E-state index contributed by atoms with van der Waals surface area (Å²) in [6.07, 6.45) is 5.96. The Bertz CT molecular complexity index is 995. The monoisotopic (exact) mass is 452 g/mol. The number of carbonyl (C=O) groups is 1. The van der Waals surface area contributed by atoms with Crippen molar-refractivity contribution >= 4 is 23.6 Å². The first kappa shape index (κ1) is 23.7. The summed E-state index contributed by atoms with van der Waals surface area (Å²) in [5.41, 5.74) is 1.77. The molecule has 0 heterocycles. The van der Waals surface area contributed by atoms with Crippen LogP contribution >= 0.6 is 11.6 Å². The van der Waals surface area contributed by atoms with E-state index in [1.165, 1.54) is 6.42 Å². The highest BCUT2D eigenvalue weighted by atomic mass is 35.5. The SMILES string of the molecule is CCOc1cc(/C=C(\C#N)C(=O)N[C@H]2CCCC[C@H]2C)ccc1OCc1ccc(Cl)cc1. The second-order valence-corrected chi connectivity index (χ2v) is 8.50. The molecule has 168 valence electrons. The van der Waals surface area contributed by atoms with Crippen molar-refractivity contribution in [3.63, 3.8) is 0 Å². The summed E-state index contributed by atoms with van der Waals surface area (Å²) in [6.45, 7) is 4.88. The Hall–Kier alpha value is -2.97. The highest BCUT2D eigenvalue weighted by molar-refractivity contribution is 6.30. The van der Waals surface area contributed by atoms with Gasteiger partial charge in [0.2, 0.25) is 0 Å². The molecule has 1 aliphatic carbocycles. The molecular weight excluding hydrogens is 424 g/mol. The van der Waals surface area contributed by atoms with Crippen molar-refractivity contribution in [2.75, 3.05) is 6.61 Å². The number of nitriles is 1. The molecule has 1 saturated carbocycles. The molecule has 0 aliphatic heterocycles. The lowest BCUT2D eigenvalue weighted by Gasteiger charge is -2.29. The summed E-state index contributed by atoms with van der Waals surface area (Å²) in [7, 11) is 0. The highest BCUT2D eigenvalue weighted by Crippen LogP contribution is 2.30. The number of hydrogen-bond acceptors (Lipinski definition) is 4. The van der Waals surface area contributed by atoms with Gasteiger partial charge in [0.1, 0.15) is 18.2 Å². The molecule has 0 saturated heterocycles. The molecule has 2 aromatic carbocycles. The summed E-state index contributed by atoms with van der Waals surface area (Å²) in [4.78, 5) is 12.7. The molecule has 3 rings (SSSR count). The predicted molar refractivity (Wildman–Crippen MR) is 127 cm³/mol. The molecule has 1 N–H and O–H groups in total. The molecule has 2 aromatic rings. The van der Waals surface area contributed by atoms with Crippen LogP contribution in [0.15, 0.2) is 48.0 Å². The van der Waals surface area contributed by atoms with Gasteiger partial charge in [-0.1, -0.05) is 49.6 Å². The molecule has 2 atom stereocenters. The summed E-state index contributed by atoms with van der Waals surface area (Å²) >= 11 is 5.93. The molecule has 0 radical (unpaired) electrons. The van der Waals surface area contributed by atoms with Gasteiger partial charge in [-0.25, -0.2) is 0 Å². The number of benzene rings is 2. The van der Waals surface area contributed by atoms with E-state index in [4.69, 9.17) is 21.1 Å². The molecular formula is C26H29ClN2O3. The molecule has 0 unspecified atom stereocenters. The van der Waals surface area contributed by atoms with Gasteiger partial charge in [0.05, 0.1) is 6.61 Å². The van der Waals surface area contributed by atoms with Crippen molar-refractivity contribution in [3.05, 3.63) is 64.2 Å². The van der Waals surface area contributed by atoms with E-state index in [2.05, 4.69) is 12.2 Å². The van der Waals surface area contributed by atoms with Gasteiger partial charge in [0.25, 0.3) is 5.91 Å². The van der Waals surface area contributed by atoms with E-state index in [0.29, 0.717) is 41.2 Å². The molecule has 1 fully saturated rings. The van der Waals surface area contributed by atoms with Crippen molar-refractivity contribution in [2.45, 2.75) is 52.2 Å². The lowest BCUT2D eigenvalue weighted by molar-refractivity contribution is -0.118. The Kier molecular flexibility index (Phi) is 8.58. The van der Waals surface area contributed by atoms with Crippen LogP contribution in [0.1, 0.15) is 50.7 Å². The summed E-state index contributed by atoms with van der Waals surface area (Å²) in [5.74, 6) is 1.26. The minimum Gasteiger partial charge on any atom is -0.490 e. The quantitative estimate of drug-likeness (QED) is 0.398. The largest absolute Gasteiger partial charge is 0.490 e. The number of rotatable bonds is 8. The van der Waals surface area contributed by atoms with E-state index in [1.807, 2.05) is 43.3 Å². The molecule has 32 heavy (non-hydrogen) atoms. The van der Waals surface area contributed by atoms with Gasteiger partial charge in [0.15, 0.2) is 11.5 Å². The van der Waals surface area contributed by atoms with Crippen molar-refractivity contribution in [1.82, 2.24) is 5.32 Å². The average Bonchev–Trinajstić information content (AvgIpc) is 2.79. The Morgan fingerprint density at radius 3 is 2.59 bits per heavy atom. The van der Waals surface area contributed by atoms with Crippen LogP contribution < -0.4 is 14.8 Å². The number of nitrogens with one attached hydrogen (secondary N) is 1. The zero-order valence-electron chi connectivity index (χ0n) is 18.6. The summed E-state index contributed by atoms with van der Waals surface area (Å²) < 4.78 is 11.7. The van der Waals surface area contributed by atoms with Gasteiger partial charge in [0, 0.05) is 11.1 Å².